The Morgan fingerprint density at radius 1 is 0.561 bits per heavy atom. The molecule has 4 aromatic carbocycles. The summed E-state index contributed by atoms with van der Waals surface area (Å²) in [6.07, 6.45) is 2.18. The third-order valence-corrected chi connectivity index (χ3v) is 5.36. The zero-order chi connectivity index (χ0) is 29.0. The predicted octanol–water partition coefficient (Wildman–Crippen LogP) is 6.21. The van der Waals surface area contributed by atoms with E-state index in [1.165, 1.54) is 6.07 Å². The van der Waals surface area contributed by atoms with Crippen molar-refractivity contribution >= 4 is 11.9 Å². The lowest BCUT2D eigenvalue weighted by atomic mass is 10.1. The number of esters is 2. The fourth-order valence-corrected chi connectivity index (χ4v) is 3.32. The van der Waals surface area contributed by atoms with Crippen molar-refractivity contribution in [3.63, 3.8) is 0 Å². The van der Waals surface area contributed by atoms with Crippen molar-refractivity contribution in [2.75, 3.05) is 0 Å². The van der Waals surface area contributed by atoms with Crippen LogP contribution in [0.3, 0.4) is 0 Å². The number of hydrogen-bond acceptors (Lipinski definition) is 4. The summed E-state index contributed by atoms with van der Waals surface area (Å²) in [5.74, 6) is 17.0. The van der Waals surface area contributed by atoms with Gasteiger partial charge in [0.05, 0.1) is 5.56 Å². The van der Waals surface area contributed by atoms with E-state index in [2.05, 4.69) is 48.7 Å². The van der Waals surface area contributed by atoms with Gasteiger partial charge in [0.25, 0.3) is 0 Å². The van der Waals surface area contributed by atoms with Gasteiger partial charge in [-0.05, 0) is 84.9 Å². The van der Waals surface area contributed by atoms with Gasteiger partial charge < -0.3 is 9.47 Å². The van der Waals surface area contributed by atoms with Crippen LogP contribution < -0.4 is 9.47 Å². The van der Waals surface area contributed by atoms with E-state index in [1.807, 2.05) is 18.2 Å². The van der Waals surface area contributed by atoms with Crippen molar-refractivity contribution in [3.05, 3.63) is 156 Å². The zero-order valence-electron chi connectivity index (χ0n) is 21.7. The summed E-state index contributed by atoms with van der Waals surface area (Å²) in [5, 5.41) is 0. The maximum Gasteiger partial charge on any atom is 0.335 e. The van der Waals surface area contributed by atoms with Gasteiger partial charge in [-0.1, -0.05) is 54.7 Å². The molecule has 4 rings (SSSR count). The molecule has 0 radical (unpaired) electrons. The minimum atomic E-state index is -0.543. The zero-order valence-corrected chi connectivity index (χ0v) is 21.7. The Balaban J connectivity index is 1.39. The molecule has 0 heterocycles. The molecule has 5 heteroatoms. The van der Waals surface area contributed by atoms with Crippen LogP contribution in [0.2, 0.25) is 0 Å². The van der Waals surface area contributed by atoms with Crippen LogP contribution in [0.4, 0.5) is 4.39 Å². The second kappa shape index (κ2) is 13.6. The van der Waals surface area contributed by atoms with Gasteiger partial charge in [-0.2, -0.15) is 0 Å². The third-order valence-electron chi connectivity index (χ3n) is 5.36. The maximum atomic E-state index is 14.7. The Labute approximate surface area is 237 Å². The second-order valence-electron chi connectivity index (χ2n) is 8.32. The normalized spacial score (nSPS) is 9.39. The number of halogens is 1. The number of carbonyl (C=O) groups is 2. The minimum Gasteiger partial charge on any atom is -0.423 e. The van der Waals surface area contributed by atoms with Gasteiger partial charge in [0, 0.05) is 40.0 Å². The summed E-state index contributed by atoms with van der Waals surface area (Å²) in [5.41, 5.74) is 3.61. The highest BCUT2D eigenvalue weighted by molar-refractivity contribution is 5.83. The van der Waals surface area contributed by atoms with Gasteiger partial charge in [0.1, 0.15) is 17.3 Å². The quantitative estimate of drug-likeness (QED) is 0.135. The minimum absolute atomic E-state index is 0.254. The Bertz CT molecular complexity index is 1810. The van der Waals surface area contributed by atoms with Crippen LogP contribution in [-0.2, 0) is 9.59 Å². The van der Waals surface area contributed by atoms with E-state index in [0.717, 1.165) is 17.7 Å². The number of ether oxygens (including phenoxy) is 2. The average molecular weight is 537 g/mol. The standard InChI is InChI=1S/C36H21FO4/c1-3-35(38)40-32-22-18-28(19-23-32)13-15-30-17-21-31(34(37)25-30)20-16-27-10-8-26(9-11-27)12-14-29-6-5-7-33(24-29)41-36(39)4-2/h3-11,17-19,21-25H,1-2H2. The van der Waals surface area contributed by atoms with E-state index in [9.17, 15) is 14.0 Å². The van der Waals surface area contributed by atoms with Crippen molar-refractivity contribution in [3.8, 4) is 47.0 Å². The highest BCUT2D eigenvalue weighted by Crippen LogP contribution is 2.15. The molecule has 0 fully saturated rings. The molecule has 196 valence electrons. The van der Waals surface area contributed by atoms with Crippen LogP contribution >= 0.6 is 0 Å². The Hall–Kier alpha value is -6.09. The molecular weight excluding hydrogens is 515 g/mol. The van der Waals surface area contributed by atoms with E-state index >= 15 is 0 Å². The molecule has 0 aliphatic rings. The number of benzene rings is 4. The molecule has 0 spiro atoms. The first-order valence-electron chi connectivity index (χ1n) is 12.3. The first-order valence-corrected chi connectivity index (χ1v) is 12.3. The van der Waals surface area contributed by atoms with Gasteiger partial charge in [0.15, 0.2) is 0 Å². The molecule has 4 nitrogen and oxygen atoms in total. The van der Waals surface area contributed by atoms with Gasteiger partial charge in [-0.15, -0.1) is 0 Å². The summed E-state index contributed by atoms with van der Waals surface area (Å²) in [6.45, 7) is 6.73. The fourth-order valence-electron chi connectivity index (χ4n) is 3.32. The van der Waals surface area contributed by atoms with Gasteiger partial charge in [-0.3, -0.25) is 0 Å². The van der Waals surface area contributed by atoms with Gasteiger partial charge in [-0.25, -0.2) is 14.0 Å². The molecule has 0 aliphatic heterocycles. The molecule has 0 saturated carbocycles. The van der Waals surface area contributed by atoms with Crippen molar-refractivity contribution in [2.24, 2.45) is 0 Å². The monoisotopic (exact) mass is 536 g/mol. The molecule has 0 bridgehead atoms. The summed E-state index contributed by atoms with van der Waals surface area (Å²) < 4.78 is 24.8. The van der Waals surface area contributed by atoms with E-state index in [4.69, 9.17) is 9.47 Å². The summed E-state index contributed by atoms with van der Waals surface area (Å²) in [4.78, 5) is 22.6. The fraction of sp³-hybridized carbons (Fsp3) is 0. The topological polar surface area (TPSA) is 52.6 Å². The average Bonchev–Trinajstić information content (AvgIpc) is 2.99. The van der Waals surface area contributed by atoms with E-state index in [0.29, 0.717) is 33.8 Å². The molecule has 41 heavy (non-hydrogen) atoms. The highest BCUT2D eigenvalue weighted by atomic mass is 19.1. The molecule has 0 unspecified atom stereocenters. The lowest BCUT2D eigenvalue weighted by Gasteiger charge is -2.00. The molecule has 0 amide bonds. The summed E-state index contributed by atoms with van der Waals surface area (Å²) in [6, 6.07) is 25.4. The first kappa shape index (κ1) is 27.9. The maximum absolute atomic E-state index is 14.7. The molecule has 4 aromatic rings. The van der Waals surface area contributed by atoms with Crippen molar-refractivity contribution in [1.82, 2.24) is 0 Å². The molecular formula is C36H21FO4. The van der Waals surface area contributed by atoms with Crippen LogP contribution in [0.1, 0.15) is 33.4 Å². The third kappa shape index (κ3) is 8.45. The van der Waals surface area contributed by atoms with Crippen LogP contribution in [-0.4, -0.2) is 11.9 Å². The number of rotatable bonds is 4. The van der Waals surface area contributed by atoms with Gasteiger partial charge >= 0.3 is 11.9 Å². The Morgan fingerprint density at radius 3 is 1.59 bits per heavy atom. The lowest BCUT2D eigenvalue weighted by molar-refractivity contribution is -0.129. The molecule has 0 saturated heterocycles. The SMILES string of the molecule is C=CC(=O)Oc1ccc(C#Cc2ccc(C#Cc3ccc(C#Cc4cccc(OC(=O)C=C)c4)cc3)c(F)c2)cc1. The first-order chi connectivity index (χ1) is 19.9. The smallest absolute Gasteiger partial charge is 0.335 e. The summed E-state index contributed by atoms with van der Waals surface area (Å²) >= 11 is 0. The van der Waals surface area contributed by atoms with E-state index in [-0.39, 0.29) is 5.56 Å². The molecule has 0 N–H and O–H groups in total. The second-order valence-corrected chi connectivity index (χ2v) is 8.32. The lowest BCUT2D eigenvalue weighted by Crippen LogP contribution is -2.02. The van der Waals surface area contributed by atoms with Gasteiger partial charge in [0.2, 0.25) is 0 Å². The Kier molecular flexibility index (Phi) is 9.29. The summed E-state index contributed by atoms with van der Waals surface area (Å²) in [7, 11) is 0. The Morgan fingerprint density at radius 2 is 1.02 bits per heavy atom. The molecule has 0 aromatic heterocycles. The highest BCUT2D eigenvalue weighted by Gasteiger charge is 2.02. The van der Waals surface area contributed by atoms with E-state index < -0.39 is 17.8 Å². The van der Waals surface area contributed by atoms with Crippen molar-refractivity contribution < 1.29 is 23.5 Å². The van der Waals surface area contributed by atoms with Crippen molar-refractivity contribution in [2.45, 2.75) is 0 Å². The van der Waals surface area contributed by atoms with Crippen LogP contribution in [0, 0.1) is 41.3 Å². The molecule has 0 atom stereocenters. The number of carbonyl (C=O) groups excluding carboxylic acids is 2. The largest absolute Gasteiger partial charge is 0.423 e. The predicted molar refractivity (Wildman–Crippen MR) is 155 cm³/mol. The van der Waals surface area contributed by atoms with Crippen molar-refractivity contribution in [1.29, 1.82) is 0 Å². The van der Waals surface area contributed by atoms with E-state index in [1.54, 1.807) is 66.7 Å². The van der Waals surface area contributed by atoms with Crippen LogP contribution in [0.25, 0.3) is 0 Å². The molecule has 0 aliphatic carbocycles. The number of hydrogen-bond donors (Lipinski definition) is 0. The van der Waals surface area contributed by atoms with Crippen LogP contribution in [0.5, 0.6) is 11.5 Å². The van der Waals surface area contributed by atoms with Crippen LogP contribution in [0.15, 0.2) is 116 Å².